The summed E-state index contributed by atoms with van der Waals surface area (Å²) in [5.74, 6) is -0.154. The fraction of sp³-hybridized carbons (Fsp3) is 0. The second kappa shape index (κ2) is 1.22. The summed E-state index contributed by atoms with van der Waals surface area (Å²) in [7, 11) is 0. The van der Waals surface area contributed by atoms with Crippen LogP contribution in [0.15, 0.2) is 10.2 Å². The van der Waals surface area contributed by atoms with Gasteiger partial charge in [-0.15, -0.1) is 20.4 Å². The monoisotopic (exact) mass is 123 g/mol. The van der Waals surface area contributed by atoms with Gasteiger partial charge in [0.25, 0.3) is 0 Å². The molecule has 0 saturated carbocycles. The van der Waals surface area contributed by atoms with Gasteiger partial charge in [0.1, 0.15) is 0 Å². The molecule has 0 saturated heterocycles. The molecule has 1 amide bonds. The van der Waals surface area contributed by atoms with Crippen molar-refractivity contribution in [3.63, 3.8) is 0 Å². The molecular formula is C3HN5O. The highest BCUT2D eigenvalue weighted by Crippen LogP contribution is 2.19. The lowest BCUT2D eigenvalue weighted by Gasteiger charge is -1.70. The Morgan fingerprint density at radius 3 is 2.89 bits per heavy atom. The Morgan fingerprint density at radius 1 is 1.22 bits per heavy atom. The van der Waals surface area contributed by atoms with Crippen LogP contribution in [0.3, 0.4) is 0 Å². The molecule has 0 unspecified atom stereocenters. The third-order valence-electron chi connectivity index (χ3n) is 0.968. The number of amides is 1. The van der Waals surface area contributed by atoms with Crippen LogP contribution in [0.1, 0.15) is 10.5 Å². The van der Waals surface area contributed by atoms with Crippen molar-refractivity contribution in [2.24, 2.45) is 10.2 Å². The Labute approximate surface area is 49.0 Å². The number of fused-ring (bicyclic) bond motifs is 1. The number of aromatic amines is 1. The number of aromatic nitrogens is 3. The predicted molar refractivity (Wildman–Crippen MR) is 25.2 cm³/mol. The first-order chi connectivity index (χ1) is 4.38. The molecule has 0 fully saturated rings. The Bertz CT molecular complexity index is 286. The minimum atomic E-state index is -0.432. The highest BCUT2D eigenvalue weighted by molar-refractivity contribution is 5.98. The molecule has 0 aliphatic carbocycles. The van der Waals surface area contributed by atoms with Gasteiger partial charge in [0, 0.05) is 0 Å². The van der Waals surface area contributed by atoms with Crippen LogP contribution in [0.25, 0.3) is 0 Å². The minimum absolute atomic E-state index is 0.204. The van der Waals surface area contributed by atoms with E-state index >= 15 is 0 Å². The van der Waals surface area contributed by atoms with Crippen molar-refractivity contribution in [3.8, 4) is 0 Å². The molecule has 1 aliphatic heterocycles. The third-order valence-corrected chi connectivity index (χ3v) is 0.968. The van der Waals surface area contributed by atoms with Crippen molar-refractivity contribution in [3.05, 3.63) is 5.69 Å². The van der Waals surface area contributed by atoms with Crippen LogP contribution in [-0.2, 0) is 0 Å². The zero-order valence-corrected chi connectivity index (χ0v) is 4.20. The fourth-order valence-corrected chi connectivity index (χ4v) is 0.579. The molecule has 1 aliphatic rings. The van der Waals surface area contributed by atoms with Crippen molar-refractivity contribution < 1.29 is 4.79 Å². The lowest BCUT2D eigenvalue weighted by molar-refractivity contribution is 0.0997. The van der Waals surface area contributed by atoms with E-state index in [2.05, 4.69) is 25.6 Å². The van der Waals surface area contributed by atoms with Crippen LogP contribution in [0, 0.1) is 0 Å². The van der Waals surface area contributed by atoms with Crippen molar-refractivity contribution >= 4 is 11.7 Å². The van der Waals surface area contributed by atoms with Gasteiger partial charge in [-0.1, -0.05) is 0 Å². The molecule has 6 heteroatoms. The van der Waals surface area contributed by atoms with Gasteiger partial charge in [0.15, 0.2) is 0 Å². The summed E-state index contributed by atoms with van der Waals surface area (Å²) >= 11 is 0. The summed E-state index contributed by atoms with van der Waals surface area (Å²) in [5.41, 5.74) is 0.204. The largest absolute Gasteiger partial charge is 0.320 e. The van der Waals surface area contributed by atoms with Crippen LogP contribution in [0.4, 0.5) is 5.82 Å². The first-order valence-electron chi connectivity index (χ1n) is 2.25. The Morgan fingerprint density at radius 2 is 2.11 bits per heavy atom. The highest BCUT2D eigenvalue weighted by atomic mass is 16.2. The van der Waals surface area contributed by atoms with E-state index < -0.39 is 5.91 Å². The van der Waals surface area contributed by atoms with Gasteiger partial charge < -0.3 is 0 Å². The van der Waals surface area contributed by atoms with Crippen molar-refractivity contribution in [1.82, 2.24) is 15.4 Å². The molecule has 0 radical (unpaired) electrons. The predicted octanol–water partition coefficient (Wildman–Crippen LogP) is 0.0422. The van der Waals surface area contributed by atoms with Crippen LogP contribution in [-0.4, -0.2) is 21.3 Å². The number of H-pyrrole nitrogens is 1. The quantitative estimate of drug-likeness (QED) is 0.528. The molecule has 9 heavy (non-hydrogen) atoms. The van der Waals surface area contributed by atoms with Crippen LogP contribution in [0.2, 0.25) is 0 Å². The van der Waals surface area contributed by atoms with E-state index in [1.54, 1.807) is 0 Å². The number of carbonyl (C=O) groups is 1. The Hall–Kier alpha value is -1.59. The van der Waals surface area contributed by atoms with Crippen LogP contribution < -0.4 is 0 Å². The fourth-order valence-electron chi connectivity index (χ4n) is 0.579. The molecular weight excluding hydrogens is 122 g/mol. The molecule has 1 aromatic heterocycles. The molecule has 1 N–H and O–H groups in total. The summed E-state index contributed by atoms with van der Waals surface area (Å²) in [4.78, 5) is 10.5. The maximum atomic E-state index is 10.5. The van der Waals surface area contributed by atoms with Gasteiger partial charge >= 0.3 is 5.91 Å². The number of nitrogens with zero attached hydrogens (tertiary/aromatic N) is 4. The molecule has 2 heterocycles. The first kappa shape index (κ1) is 4.30. The number of hydrogen-bond acceptors (Lipinski definition) is 4. The zero-order chi connectivity index (χ0) is 6.27. The SMILES string of the molecule is O=C1N=Nc2n[nH]nc21. The van der Waals surface area contributed by atoms with Gasteiger partial charge in [0.2, 0.25) is 11.5 Å². The standard InChI is InChI=1S/C3HN5O/c9-3-1-2(5-7-3)6-8-4-1/h(H,4,6,8). The Kier molecular flexibility index (Phi) is 0.583. The van der Waals surface area contributed by atoms with Crippen molar-refractivity contribution in [1.29, 1.82) is 0 Å². The molecule has 6 nitrogen and oxygen atoms in total. The summed E-state index contributed by atoms with van der Waals surface area (Å²) in [6.45, 7) is 0. The molecule has 44 valence electrons. The van der Waals surface area contributed by atoms with Crippen LogP contribution >= 0.6 is 0 Å². The molecule has 2 rings (SSSR count). The Balaban J connectivity index is 2.73. The van der Waals surface area contributed by atoms with E-state index in [0.717, 1.165) is 0 Å². The maximum absolute atomic E-state index is 10.5. The minimum Gasteiger partial charge on any atom is -0.263 e. The average molecular weight is 123 g/mol. The zero-order valence-electron chi connectivity index (χ0n) is 4.20. The van der Waals surface area contributed by atoms with E-state index in [1.807, 2.05) is 0 Å². The summed E-state index contributed by atoms with van der Waals surface area (Å²) in [6.07, 6.45) is 0. The lowest BCUT2D eigenvalue weighted by Crippen LogP contribution is -1.88. The van der Waals surface area contributed by atoms with E-state index in [4.69, 9.17) is 0 Å². The van der Waals surface area contributed by atoms with Gasteiger partial charge in [-0.05, 0) is 0 Å². The average Bonchev–Trinajstić information content (AvgIpc) is 2.35. The molecule has 0 spiro atoms. The van der Waals surface area contributed by atoms with E-state index in [0.29, 0.717) is 0 Å². The van der Waals surface area contributed by atoms with E-state index in [1.165, 1.54) is 0 Å². The smallest absolute Gasteiger partial charge is 0.263 e. The molecule has 0 bridgehead atoms. The second-order valence-corrected chi connectivity index (χ2v) is 1.50. The molecule has 0 aromatic carbocycles. The summed E-state index contributed by atoms with van der Waals surface area (Å²) < 4.78 is 0. The van der Waals surface area contributed by atoms with Gasteiger partial charge in [-0.3, -0.25) is 4.79 Å². The highest BCUT2D eigenvalue weighted by Gasteiger charge is 2.21. The lowest BCUT2D eigenvalue weighted by atomic mass is 10.4. The second-order valence-electron chi connectivity index (χ2n) is 1.50. The summed E-state index contributed by atoms with van der Waals surface area (Å²) in [6, 6.07) is 0. The van der Waals surface area contributed by atoms with E-state index in [9.17, 15) is 4.79 Å². The van der Waals surface area contributed by atoms with Crippen molar-refractivity contribution in [2.45, 2.75) is 0 Å². The third kappa shape index (κ3) is 0.411. The van der Waals surface area contributed by atoms with Gasteiger partial charge in [-0.2, -0.15) is 5.21 Å². The number of hydrogen-bond donors (Lipinski definition) is 1. The number of carbonyl (C=O) groups excluding carboxylic acids is 1. The number of rotatable bonds is 0. The van der Waals surface area contributed by atoms with Gasteiger partial charge in [0.05, 0.1) is 0 Å². The normalized spacial score (nSPS) is 14.4. The van der Waals surface area contributed by atoms with Crippen LogP contribution in [0.5, 0.6) is 0 Å². The topological polar surface area (TPSA) is 83.4 Å². The molecule has 1 aromatic rings. The van der Waals surface area contributed by atoms with E-state index in [-0.39, 0.29) is 11.5 Å². The maximum Gasteiger partial charge on any atom is 0.320 e. The van der Waals surface area contributed by atoms with Gasteiger partial charge in [-0.25, -0.2) is 0 Å². The molecule has 0 atom stereocenters. The number of azo groups is 1. The summed E-state index contributed by atoms with van der Waals surface area (Å²) in [5, 5.41) is 15.9. The first-order valence-corrected chi connectivity index (χ1v) is 2.25. The van der Waals surface area contributed by atoms with Crippen molar-refractivity contribution in [2.75, 3.05) is 0 Å². The number of nitrogens with one attached hydrogen (secondary N) is 1.